The summed E-state index contributed by atoms with van der Waals surface area (Å²) in [5, 5.41) is 8.26. The van der Waals surface area contributed by atoms with Crippen LogP contribution in [0.2, 0.25) is 0 Å². The fourth-order valence-electron chi connectivity index (χ4n) is 2.74. The zero-order chi connectivity index (χ0) is 13.5. The van der Waals surface area contributed by atoms with Gasteiger partial charge in [-0.15, -0.1) is 9.67 Å². The van der Waals surface area contributed by atoms with E-state index in [0.717, 1.165) is 24.3 Å². The van der Waals surface area contributed by atoms with E-state index in [4.69, 9.17) is 0 Å². The summed E-state index contributed by atoms with van der Waals surface area (Å²) in [5.41, 5.74) is 4.89. The number of aromatic nitrogens is 5. The van der Waals surface area contributed by atoms with Crippen LogP contribution in [-0.2, 0) is 13.5 Å². The fourth-order valence-corrected chi connectivity index (χ4v) is 2.74. The predicted octanol–water partition coefficient (Wildman–Crippen LogP) is 1.44. The molecule has 0 spiro atoms. The van der Waals surface area contributed by atoms with E-state index in [2.05, 4.69) is 45.8 Å². The summed E-state index contributed by atoms with van der Waals surface area (Å²) in [6.07, 6.45) is 6.21. The molecule has 0 N–H and O–H groups in total. The maximum atomic E-state index is 4.43. The highest BCUT2D eigenvalue weighted by molar-refractivity contribution is 5.84. The molecule has 5 heteroatoms. The monoisotopic (exact) mass is 264 g/mol. The number of hydrogen-bond donors (Lipinski definition) is 0. The number of fused-ring (bicyclic) bond motifs is 3. The van der Waals surface area contributed by atoms with Crippen molar-refractivity contribution in [2.24, 2.45) is 7.05 Å². The van der Waals surface area contributed by atoms with Gasteiger partial charge < -0.3 is 0 Å². The molecule has 2 aromatic heterocycles. The Bertz CT molecular complexity index is 817. The molecular weight excluding hydrogens is 250 g/mol. The van der Waals surface area contributed by atoms with Crippen molar-refractivity contribution in [2.45, 2.75) is 12.8 Å². The minimum Gasteiger partial charge on any atom is -0.132 e. The molecule has 20 heavy (non-hydrogen) atoms. The van der Waals surface area contributed by atoms with Gasteiger partial charge in [-0.3, -0.25) is 0 Å². The van der Waals surface area contributed by atoms with E-state index < -0.39 is 0 Å². The zero-order valence-corrected chi connectivity index (χ0v) is 11.2. The molecule has 1 aromatic carbocycles. The summed E-state index contributed by atoms with van der Waals surface area (Å²) in [6.45, 7) is 0. The van der Waals surface area contributed by atoms with Gasteiger partial charge in [-0.1, -0.05) is 34.8 Å². The molecule has 0 radical (unpaired) electrons. The van der Waals surface area contributed by atoms with Crippen LogP contribution in [0.5, 0.6) is 0 Å². The average molecular weight is 264 g/mol. The highest BCUT2D eigenvalue weighted by atomic mass is 15.6. The minimum absolute atomic E-state index is 0.768. The van der Waals surface area contributed by atoms with E-state index in [0.29, 0.717) is 0 Å². The third-order valence-corrected chi connectivity index (χ3v) is 3.70. The molecule has 0 atom stereocenters. The van der Waals surface area contributed by atoms with Crippen molar-refractivity contribution in [2.75, 3.05) is 0 Å². The van der Waals surface area contributed by atoms with Crippen LogP contribution in [0.15, 0.2) is 36.5 Å². The van der Waals surface area contributed by atoms with E-state index in [1.54, 1.807) is 4.68 Å². The van der Waals surface area contributed by atoms with Gasteiger partial charge in [0.2, 0.25) is 0 Å². The van der Waals surface area contributed by atoms with Crippen LogP contribution >= 0.6 is 0 Å². The Balaban J connectivity index is 1.93. The van der Waals surface area contributed by atoms with Crippen molar-refractivity contribution in [3.05, 3.63) is 53.3 Å². The largest absolute Gasteiger partial charge is 0.407 e. The lowest BCUT2D eigenvalue weighted by Gasteiger charge is -1.99. The molecule has 1 aliphatic rings. The number of allylic oxidation sites excluding steroid dienone is 1. The Morgan fingerprint density at radius 3 is 2.90 bits per heavy atom. The van der Waals surface area contributed by atoms with Crippen molar-refractivity contribution in [3.63, 3.8) is 0 Å². The lowest BCUT2D eigenvalue weighted by molar-refractivity contribution is -0.709. The second-order valence-electron chi connectivity index (χ2n) is 5.03. The summed E-state index contributed by atoms with van der Waals surface area (Å²) < 4.78 is 3.54. The van der Waals surface area contributed by atoms with Crippen LogP contribution in [-0.4, -0.2) is 19.9 Å². The van der Waals surface area contributed by atoms with Gasteiger partial charge in [-0.05, 0) is 30.1 Å². The summed E-state index contributed by atoms with van der Waals surface area (Å²) in [4.78, 5) is 4.43. The molecule has 0 bridgehead atoms. The van der Waals surface area contributed by atoms with E-state index in [1.165, 1.54) is 16.7 Å². The van der Waals surface area contributed by atoms with Crippen molar-refractivity contribution in [3.8, 4) is 0 Å². The molecular formula is C15H14N5+. The minimum atomic E-state index is 0.768. The molecule has 0 amide bonds. The Kier molecular flexibility index (Phi) is 2.39. The standard InChI is InChI=1S/C15H14N5/c1-19-15-16-10-13-8-7-12(14(13)20(15)18-17-19)9-11-5-3-2-4-6-11/h2-6,9-10H,7-8H2,1H3/q+1/b12-9-. The summed E-state index contributed by atoms with van der Waals surface area (Å²) in [5.74, 6) is 0.768. The smallest absolute Gasteiger partial charge is 0.132 e. The van der Waals surface area contributed by atoms with Crippen LogP contribution in [0.1, 0.15) is 23.2 Å². The van der Waals surface area contributed by atoms with E-state index in [-0.39, 0.29) is 0 Å². The van der Waals surface area contributed by atoms with Crippen LogP contribution < -0.4 is 4.68 Å². The first-order chi connectivity index (χ1) is 9.83. The van der Waals surface area contributed by atoms with Gasteiger partial charge in [-0.25, -0.2) is 0 Å². The molecule has 4 rings (SSSR count). The molecule has 3 aromatic rings. The number of benzene rings is 1. The Labute approximate surface area is 116 Å². The fraction of sp³-hybridized carbons (Fsp3) is 0.200. The maximum absolute atomic E-state index is 4.43. The summed E-state index contributed by atoms with van der Waals surface area (Å²) in [7, 11) is 1.86. The number of aryl methyl sites for hydroxylation is 2. The van der Waals surface area contributed by atoms with E-state index >= 15 is 0 Å². The van der Waals surface area contributed by atoms with Gasteiger partial charge in [-0.2, -0.15) is 0 Å². The molecule has 2 heterocycles. The van der Waals surface area contributed by atoms with Crippen molar-refractivity contribution in [1.82, 2.24) is 19.9 Å². The predicted molar refractivity (Wildman–Crippen MR) is 74.6 cm³/mol. The van der Waals surface area contributed by atoms with E-state index in [1.807, 2.05) is 23.8 Å². The second kappa shape index (κ2) is 4.23. The molecule has 98 valence electrons. The van der Waals surface area contributed by atoms with Crippen LogP contribution in [0.25, 0.3) is 17.4 Å². The topological polar surface area (TPSA) is 47.0 Å². The number of nitrogens with zero attached hydrogens (tertiary/aromatic N) is 5. The van der Waals surface area contributed by atoms with Gasteiger partial charge in [0.15, 0.2) is 0 Å². The third kappa shape index (κ3) is 1.63. The molecule has 1 aliphatic carbocycles. The molecule has 0 unspecified atom stereocenters. The number of hydrogen-bond acceptors (Lipinski definition) is 3. The molecule has 0 saturated heterocycles. The lowest BCUT2D eigenvalue weighted by atomic mass is 10.1. The second-order valence-corrected chi connectivity index (χ2v) is 5.03. The third-order valence-electron chi connectivity index (χ3n) is 3.70. The number of tetrazole rings is 1. The zero-order valence-electron chi connectivity index (χ0n) is 11.2. The Morgan fingerprint density at radius 1 is 1.20 bits per heavy atom. The van der Waals surface area contributed by atoms with Gasteiger partial charge in [0.1, 0.15) is 10.9 Å². The normalized spacial score (nSPS) is 15.9. The Morgan fingerprint density at radius 2 is 2.05 bits per heavy atom. The van der Waals surface area contributed by atoms with Gasteiger partial charge in [0.25, 0.3) is 0 Å². The molecule has 0 aliphatic heterocycles. The first-order valence-electron chi connectivity index (χ1n) is 6.68. The number of rotatable bonds is 1. The Hall–Kier alpha value is -2.56. The van der Waals surface area contributed by atoms with Crippen LogP contribution in [0, 0.1) is 0 Å². The first-order valence-corrected chi connectivity index (χ1v) is 6.68. The summed E-state index contributed by atoms with van der Waals surface area (Å²) in [6, 6.07) is 10.4. The first kappa shape index (κ1) is 11.3. The summed E-state index contributed by atoms with van der Waals surface area (Å²) >= 11 is 0. The van der Waals surface area contributed by atoms with Crippen molar-refractivity contribution in [1.29, 1.82) is 0 Å². The molecule has 5 nitrogen and oxygen atoms in total. The van der Waals surface area contributed by atoms with Crippen LogP contribution in [0.3, 0.4) is 0 Å². The highest BCUT2D eigenvalue weighted by Crippen LogP contribution is 2.32. The SMILES string of the molecule is C[n+]1nnn2c3c(cnc21)CC/C3=C/c1ccccc1. The maximum Gasteiger partial charge on any atom is 0.407 e. The van der Waals surface area contributed by atoms with Crippen molar-refractivity contribution >= 4 is 17.4 Å². The molecule has 0 fully saturated rings. The van der Waals surface area contributed by atoms with E-state index in [9.17, 15) is 0 Å². The van der Waals surface area contributed by atoms with Gasteiger partial charge >= 0.3 is 5.78 Å². The average Bonchev–Trinajstić information content (AvgIpc) is 3.05. The van der Waals surface area contributed by atoms with Crippen LogP contribution in [0.4, 0.5) is 0 Å². The molecule has 0 saturated carbocycles. The quantitative estimate of drug-likeness (QED) is 0.625. The van der Waals surface area contributed by atoms with Gasteiger partial charge in [0, 0.05) is 5.56 Å². The van der Waals surface area contributed by atoms with Crippen molar-refractivity contribution < 1.29 is 4.68 Å². The van der Waals surface area contributed by atoms with Gasteiger partial charge in [0.05, 0.1) is 18.5 Å². The highest BCUT2D eigenvalue weighted by Gasteiger charge is 2.27. The lowest BCUT2D eigenvalue weighted by Crippen LogP contribution is -2.31.